The van der Waals surface area contributed by atoms with Gasteiger partial charge in [-0.1, -0.05) is 0 Å². The van der Waals surface area contributed by atoms with Gasteiger partial charge in [0.2, 0.25) is 0 Å². The van der Waals surface area contributed by atoms with Crippen LogP contribution in [0.15, 0.2) is 0 Å². The van der Waals surface area contributed by atoms with Crippen molar-refractivity contribution < 1.29 is 0 Å². The zero-order valence-electron chi connectivity index (χ0n) is 10.4. The summed E-state index contributed by atoms with van der Waals surface area (Å²) in [6, 6.07) is 2.28. The second-order valence-electron chi connectivity index (χ2n) is 5.34. The Morgan fingerprint density at radius 3 is 2.60 bits per heavy atom. The number of hydrogen-bond donors (Lipinski definition) is 1. The van der Waals surface area contributed by atoms with Crippen LogP contribution in [0.4, 0.5) is 0 Å². The van der Waals surface area contributed by atoms with Crippen molar-refractivity contribution in [1.82, 2.24) is 15.1 Å². The average molecular weight is 211 g/mol. The molecule has 0 spiro atoms. The minimum absolute atomic E-state index is 0.713. The fraction of sp³-hybridized carbons (Fsp3) is 1.00. The fourth-order valence-electron chi connectivity index (χ4n) is 2.85. The molecule has 88 valence electrons. The normalized spacial score (nSPS) is 33.4. The minimum atomic E-state index is 0.713. The molecule has 2 unspecified atom stereocenters. The second-order valence-corrected chi connectivity index (χ2v) is 5.34. The first kappa shape index (κ1) is 11.4. The van der Waals surface area contributed by atoms with Crippen LogP contribution in [0.25, 0.3) is 0 Å². The van der Waals surface area contributed by atoms with Crippen molar-refractivity contribution in [3.63, 3.8) is 0 Å². The van der Waals surface area contributed by atoms with E-state index in [2.05, 4.69) is 36.0 Å². The van der Waals surface area contributed by atoms with Gasteiger partial charge >= 0.3 is 0 Å². The molecule has 2 heterocycles. The number of nitrogens with one attached hydrogen (secondary N) is 1. The van der Waals surface area contributed by atoms with E-state index in [9.17, 15) is 0 Å². The molecule has 2 aliphatic heterocycles. The van der Waals surface area contributed by atoms with Gasteiger partial charge in [0.15, 0.2) is 0 Å². The van der Waals surface area contributed by atoms with E-state index in [-0.39, 0.29) is 0 Å². The standard InChI is InChI=1S/C12H25N3/c1-10(2)15-7-5-12(9-15)14(3)11-4-6-13-8-11/h10-13H,4-9H2,1-3H3. The van der Waals surface area contributed by atoms with Crippen LogP contribution in [0, 0.1) is 0 Å². The lowest BCUT2D eigenvalue weighted by atomic mass is 10.1. The molecular weight excluding hydrogens is 186 g/mol. The number of likely N-dealkylation sites (N-methyl/N-ethyl adjacent to an activating group) is 1. The van der Waals surface area contributed by atoms with Gasteiger partial charge < -0.3 is 5.32 Å². The summed E-state index contributed by atoms with van der Waals surface area (Å²) in [6.07, 6.45) is 2.68. The molecule has 0 saturated carbocycles. The summed E-state index contributed by atoms with van der Waals surface area (Å²) in [5, 5.41) is 3.46. The van der Waals surface area contributed by atoms with Crippen LogP contribution >= 0.6 is 0 Å². The third kappa shape index (κ3) is 2.52. The van der Waals surface area contributed by atoms with Gasteiger partial charge in [0.05, 0.1) is 0 Å². The topological polar surface area (TPSA) is 18.5 Å². The molecule has 0 aromatic rings. The van der Waals surface area contributed by atoms with Gasteiger partial charge in [-0.2, -0.15) is 0 Å². The SMILES string of the molecule is CC(C)N1CCC(N(C)C2CCNC2)C1. The minimum Gasteiger partial charge on any atom is -0.315 e. The molecule has 3 heteroatoms. The van der Waals surface area contributed by atoms with Crippen LogP contribution in [0.1, 0.15) is 26.7 Å². The van der Waals surface area contributed by atoms with Crippen LogP contribution in [0.5, 0.6) is 0 Å². The van der Waals surface area contributed by atoms with E-state index in [1.807, 2.05) is 0 Å². The van der Waals surface area contributed by atoms with Gasteiger partial charge in [-0.15, -0.1) is 0 Å². The van der Waals surface area contributed by atoms with E-state index >= 15 is 0 Å². The molecule has 0 radical (unpaired) electrons. The van der Waals surface area contributed by atoms with Gasteiger partial charge in [-0.25, -0.2) is 0 Å². The summed E-state index contributed by atoms with van der Waals surface area (Å²) in [5.41, 5.74) is 0. The first-order valence-electron chi connectivity index (χ1n) is 6.35. The van der Waals surface area contributed by atoms with E-state index in [4.69, 9.17) is 0 Å². The van der Waals surface area contributed by atoms with E-state index in [1.54, 1.807) is 0 Å². The molecule has 2 fully saturated rings. The fourth-order valence-corrected chi connectivity index (χ4v) is 2.85. The van der Waals surface area contributed by atoms with Crippen LogP contribution in [0.3, 0.4) is 0 Å². The van der Waals surface area contributed by atoms with Gasteiger partial charge in [0.25, 0.3) is 0 Å². The first-order valence-corrected chi connectivity index (χ1v) is 6.35. The van der Waals surface area contributed by atoms with Gasteiger partial charge in [-0.05, 0) is 40.3 Å². The Balaban J connectivity index is 1.84. The van der Waals surface area contributed by atoms with Crippen molar-refractivity contribution in [3.05, 3.63) is 0 Å². The monoisotopic (exact) mass is 211 g/mol. The molecule has 0 amide bonds. The van der Waals surface area contributed by atoms with Gasteiger partial charge in [-0.3, -0.25) is 9.80 Å². The number of nitrogens with zero attached hydrogens (tertiary/aromatic N) is 2. The highest BCUT2D eigenvalue weighted by molar-refractivity contribution is 4.89. The summed E-state index contributed by atoms with van der Waals surface area (Å²) < 4.78 is 0. The molecule has 0 aliphatic carbocycles. The zero-order chi connectivity index (χ0) is 10.8. The zero-order valence-corrected chi connectivity index (χ0v) is 10.4. The lowest BCUT2D eigenvalue weighted by Crippen LogP contribution is -2.43. The Bertz CT molecular complexity index is 199. The third-order valence-corrected chi connectivity index (χ3v) is 4.11. The number of likely N-dealkylation sites (tertiary alicyclic amines) is 1. The Labute approximate surface area is 93.8 Å². The molecule has 3 nitrogen and oxygen atoms in total. The molecule has 2 atom stereocenters. The molecule has 1 N–H and O–H groups in total. The smallest absolute Gasteiger partial charge is 0.0235 e. The van der Waals surface area contributed by atoms with Crippen molar-refractivity contribution in [1.29, 1.82) is 0 Å². The predicted octanol–water partition coefficient (Wildman–Crippen LogP) is 0.763. The Morgan fingerprint density at radius 1 is 1.27 bits per heavy atom. The quantitative estimate of drug-likeness (QED) is 0.743. The molecule has 2 aliphatic rings. The van der Waals surface area contributed by atoms with Crippen molar-refractivity contribution in [2.45, 2.75) is 44.8 Å². The van der Waals surface area contributed by atoms with Crippen molar-refractivity contribution in [2.75, 3.05) is 33.2 Å². The van der Waals surface area contributed by atoms with Crippen LogP contribution in [0.2, 0.25) is 0 Å². The first-order chi connectivity index (χ1) is 7.18. The highest BCUT2D eigenvalue weighted by atomic mass is 15.3. The van der Waals surface area contributed by atoms with Gasteiger partial charge in [0.1, 0.15) is 0 Å². The van der Waals surface area contributed by atoms with E-state index in [0.29, 0.717) is 6.04 Å². The van der Waals surface area contributed by atoms with Crippen molar-refractivity contribution >= 4 is 0 Å². The lowest BCUT2D eigenvalue weighted by molar-refractivity contribution is 0.173. The van der Waals surface area contributed by atoms with Crippen LogP contribution in [-0.4, -0.2) is 61.2 Å². The summed E-state index contributed by atoms with van der Waals surface area (Å²) in [6.45, 7) is 9.56. The molecule has 0 bridgehead atoms. The summed E-state index contributed by atoms with van der Waals surface area (Å²) in [5.74, 6) is 0. The maximum absolute atomic E-state index is 3.46. The van der Waals surface area contributed by atoms with E-state index in [0.717, 1.165) is 12.1 Å². The molecule has 2 rings (SSSR count). The van der Waals surface area contributed by atoms with Crippen molar-refractivity contribution in [2.24, 2.45) is 0 Å². The van der Waals surface area contributed by atoms with Gasteiger partial charge in [0, 0.05) is 37.8 Å². The predicted molar refractivity (Wildman–Crippen MR) is 64.2 cm³/mol. The number of hydrogen-bond acceptors (Lipinski definition) is 3. The Kier molecular flexibility index (Phi) is 3.65. The molecule has 0 aromatic carbocycles. The number of rotatable bonds is 3. The molecular formula is C12H25N3. The maximum atomic E-state index is 3.46. The summed E-state index contributed by atoms with van der Waals surface area (Å²) >= 11 is 0. The molecule has 0 aromatic heterocycles. The second kappa shape index (κ2) is 4.81. The maximum Gasteiger partial charge on any atom is 0.0235 e. The van der Waals surface area contributed by atoms with Crippen molar-refractivity contribution in [3.8, 4) is 0 Å². The van der Waals surface area contributed by atoms with Crippen LogP contribution in [-0.2, 0) is 0 Å². The summed E-state index contributed by atoms with van der Waals surface area (Å²) in [4.78, 5) is 5.21. The largest absolute Gasteiger partial charge is 0.315 e. The summed E-state index contributed by atoms with van der Waals surface area (Å²) in [7, 11) is 2.31. The third-order valence-electron chi connectivity index (χ3n) is 4.11. The molecule has 15 heavy (non-hydrogen) atoms. The Morgan fingerprint density at radius 2 is 2.07 bits per heavy atom. The highest BCUT2D eigenvalue weighted by Crippen LogP contribution is 2.20. The average Bonchev–Trinajstić information content (AvgIpc) is 2.88. The highest BCUT2D eigenvalue weighted by Gasteiger charge is 2.31. The molecule has 2 saturated heterocycles. The van der Waals surface area contributed by atoms with E-state index in [1.165, 1.54) is 39.0 Å². The van der Waals surface area contributed by atoms with E-state index < -0.39 is 0 Å². The Hall–Kier alpha value is -0.120. The van der Waals surface area contributed by atoms with Crippen LogP contribution < -0.4 is 5.32 Å². The lowest BCUT2D eigenvalue weighted by Gasteiger charge is -2.30.